The van der Waals surface area contributed by atoms with E-state index in [1.165, 1.54) is 18.5 Å². The van der Waals surface area contributed by atoms with Gasteiger partial charge in [0.15, 0.2) is 0 Å². The number of benzene rings is 2. The van der Waals surface area contributed by atoms with E-state index in [-0.39, 0.29) is 5.91 Å². The van der Waals surface area contributed by atoms with E-state index in [9.17, 15) is 4.79 Å². The van der Waals surface area contributed by atoms with Crippen LogP contribution in [0.1, 0.15) is 19.3 Å². The largest absolute Gasteiger partial charge is 0.495 e. The van der Waals surface area contributed by atoms with Crippen molar-refractivity contribution in [2.24, 2.45) is 0 Å². The molecule has 0 saturated carbocycles. The van der Waals surface area contributed by atoms with Crippen molar-refractivity contribution in [3.63, 3.8) is 0 Å². The zero-order valence-electron chi connectivity index (χ0n) is 14.9. The van der Waals surface area contributed by atoms with Crippen molar-refractivity contribution in [1.82, 2.24) is 0 Å². The predicted molar refractivity (Wildman–Crippen MR) is 108 cm³/mol. The topological polar surface area (TPSA) is 53.6 Å². The standard InChI is InChI=1S/C20H24ClN3O2/c1-26-19-9-6-16(14-18(19)21)22-11-10-20(25)23-15-4-7-17(8-5-15)24-12-2-3-13-24/h4-9,14,22H,2-3,10-13H2,1H3,(H,23,25). The van der Waals surface area contributed by atoms with Crippen molar-refractivity contribution >= 4 is 34.6 Å². The van der Waals surface area contributed by atoms with Crippen LogP contribution in [0.2, 0.25) is 5.02 Å². The Hall–Kier alpha value is -2.40. The van der Waals surface area contributed by atoms with Crippen LogP contribution in [0.15, 0.2) is 42.5 Å². The van der Waals surface area contributed by atoms with Gasteiger partial charge in [0.2, 0.25) is 5.91 Å². The maximum atomic E-state index is 12.1. The van der Waals surface area contributed by atoms with E-state index >= 15 is 0 Å². The van der Waals surface area contributed by atoms with Crippen LogP contribution in [0.4, 0.5) is 17.1 Å². The molecule has 6 heteroatoms. The second-order valence-corrected chi connectivity index (χ2v) is 6.72. The zero-order valence-corrected chi connectivity index (χ0v) is 15.7. The normalized spacial score (nSPS) is 13.5. The van der Waals surface area contributed by atoms with Crippen LogP contribution in [0, 0.1) is 0 Å². The number of rotatable bonds is 7. The van der Waals surface area contributed by atoms with Crippen LogP contribution in [-0.4, -0.2) is 32.7 Å². The first-order chi connectivity index (χ1) is 12.7. The maximum Gasteiger partial charge on any atom is 0.226 e. The van der Waals surface area contributed by atoms with Gasteiger partial charge in [0.1, 0.15) is 5.75 Å². The molecule has 1 saturated heterocycles. The van der Waals surface area contributed by atoms with E-state index < -0.39 is 0 Å². The summed E-state index contributed by atoms with van der Waals surface area (Å²) in [6, 6.07) is 13.5. The SMILES string of the molecule is COc1ccc(NCCC(=O)Nc2ccc(N3CCCC3)cc2)cc1Cl. The lowest BCUT2D eigenvalue weighted by atomic mass is 10.2. The third-order valence-corrected chi connectivity index (χ3v) is 4.75. The summed E-state index contributed by atoms with van der Waals surface area (Å²) in [5, 5.41) is 6.67. The Morgan fingerprint density at radius 1 is 1.12 bits per heavy atom. The minimum Gasteiger partial charge on any atom is -0.495 e. The van der Waals surface area contributed by atoms with E-state index in [1.807, 2.05) is 18.2 Å². The highest BCUT2D eigenvalue weighted by atomic mass is 35.5. The number of methoxy groups -OCH3 is 1. The van der Waals surface area contributed by atoms with E-state index in [0.29, 0.717) is 23.7 Å². The van der Waals surface area contributed by atoms with Gasteiger partial charge in [-0.1, -0.05) is 11.6 Å². The lowest BCUT2D eigenvalue weighted by Gasteiger charge is -2.17. The minimum absolute atomic E-state index is 0.0222. The molecule has 0 spiro atoms. The lowest BCUT2D eigenvalue weighted by molar-refractivity contribution is -0.115. The lowest BCUT2D eigenvalue weighted by Crippen LogP contribution is -2.18. The molecule has 3 rings (SSSR count). The van der Waals surface area contributed by atoms with Crippen molar-refractivity contribution in [2.45, 2.75) is 19.3 Å². The Balaban J connectivity index is 1.44. The summed E-state index contributed by atoms with van der Waals surface area (Å²) < 4.78 is 5.12. The molecule has 1 aliphatic heterocycles. The first kappa shape index (κ1) is 18.4. The van der Waals surface area contributed by atoms with Gasteiger partial charge in [-0.25, -0.2) is 0 Å². The molecular formula is C20H24ClN3O2. The summed E-state index contributed by atoms with van der Waals surface area (Å²) in [5.74, 6) is 0.610. The monoisotopic (exact) mass is 373 g/mol. The molecule has 2 aromatic rings. The molecular weight excluding hydrogens is 350 g/mol. The Morgan fingerprint density at radius 2 is 1.81 bits per heavy atom. The molecule has 0 aromatic heterocycles. The number of hydrogen-bond acceptors (Lipinski definition) is 4. The van der Waals surface area contributed by atoms with Crippen molar-refractivity contribution < 1.29 is 9.53 Å². The smallest absolute Gasteiger partial charge is 0.226 e. The van der Waals surface area contributed by atoms with Crippen molar-refractivity contribution in [3.8, 4) is 5.75 Å². The Kier molecular flexibility index (Phi) is 6.23. The summed E-state index contributed by atoms with van der Waals surface area (Å²) in [6.45, 7) is 2.76. The summed E-state index contributed by atoms with van der Waals surface area (Å²) in [4.78, 5) is 14.5. The molecule has 0 unspecified atom stereocenters. The van der Waals surface area contributed by atoms with Crippen LogP contribution >= 0.6 is 11.6 Å². The number of carbonyl (C=O) groups excluding carboxylic acids is 1. The maximum absolute atomic E-state index is 12.1. The molecule has 1 fully saturated rings. The minimum atomic E-state index is -0.0222. The van der Waals surface area contributed by atoms with Gasteiger partial charge in [-0.15, -0.1) is 0 Å². The van der Waals surface area contributed by atoms with Crippen LogP contribution in [0.3, 0.4) is 0 Å². The fourth-order valence-electron chi connectivity index (χ4n) is 3.05. The number of halogens is 1. The molecule has 2 N–H and O–H groups in total. The summed E-state index contributed by atoms with van der Waals surface area (Å²) in [6.07, 6.45) is 2.88. The second kappa shape index (κ2) is 8.81. The average molecular weight is 374 g/mol. The van der Waals surface area contributed by atoms with Gasteiger partial charge in [0, 0.05) is 43.1 Å². The van der Waals surface area contributed by atoms with Gasteiger partial charge in [-0.3, -0.25) is 4.79 Å². The van der Waals surface area contributed by atoms with Gasteiger partial charge in [-0.05, 0) is 55.3 Å². The van der Waals surface area contributed by atoms with Gasteiger partial charge in [0.05, 0.1) is 12.1 Å². The Labute approximate surface area is 159 Å². The van der Waals surface area contributed by atoms with E-state index in [1.54, 1.807) is 19.2 Å². The second-order valence-electron chi connectivity index (χ2n) is 6.32. The van der Waals surface area contributed by atoms with Crippen LogP contribution < -0.4 is 20.3 Å². The molecule has 138 valence electrons. The number of anilines is 3. The van der Waals surface area contributed by atoms with Gasteiger partial charge >= 0.3 is 0 Å². The van der Waals surface area contributed by atoms with E-state index in [2.05, 4.69) is 27.7 Å². The first-order valence-corrected chi connectivity index (χ1v) is 9.26. The number of carbonyl (C=O) groups is 1. The number of hydrogen-bond donors (Lipinski definition) is 2. The van der Waals surface area contributed by atoms with Crippen molar-refractivity contribution in [3.05, 3.63) is 47.5 Å². The Morgan fingerprint density at radius 3 is 2.46 bits per heavy atom. The fraction of sp³-hybridized carbons (Fsp3) is 0.350. The molecule has 26 heavy (non-hydrogen) atoms. The molecule has 0 bridgehead atoms. The first-order valence-electron chi connectivity index (χ1n) is 8.88. The molecule has 1 heterocycles. The molecule has 1 aliphatic rings. The number of amides is 1. The van der Waals surface area contributed by atoms with Crippen LogP contribution in [-0.2, 0) is 4.79 Å². The summed E-state index contributed by atoms with van der Waals surface area (Å²) in [5.41, 5.74) is 2.91. The molecule has 1 amide bonds. The van der Waals surface area contributed by atoms with Crippen molar-refractivity contribution in [2.75, 3.05) is 42.3 Å². The van der Waals surface area contributed by atoms with Crippen molar-refractivity contribution in [1.29, 1.82) is 0 Å². The van der Waals surface area contributed by atoms with Crippen LogP contribution in [0.25, 0.3) is 0 Å². The van der Waals surface area contributed by atoms with Gasteiger partial charge in [0.25, 0.3) is 0 Å². The Bertz CT molecular complexity index is 743. The molecule has 0 radical (unpaired) electrons. The van der Waals surface area contributed by atoms with Gasteiger partial charge < -0.3 is 20.3 Å². The number of nitrogens with zero attached hydrogens (tertiary/aromatic N) is 1. The predicted octanol–water partition coefficient (Wildman–Crippen LogP) is 4.39. The fourth-order valence-corrected chi connectivity index (χ4v) is 3.31. The molecule has 2 aromatic carbocycles. The quantitative estimate of drug-likeness (QED) is 0.755. The van der Waals surface area contributed by atoms with E-state index in [0.717, 1.165) is 24.5 Å². The van der Waals surface area contributed by atoms with Crippen LogP contribution in [0.5, 0.6) is 5.75 Å². The molecule has 0 atom stereocenters. The third kappa shape index (κ3) is 4.82. The van der Waals surface area contributed by atoms with E-state index in [4.69, 9.17) is 16.3 Å². The number of ether oxygens (including phenoxy) is 1. The third-order valence-electron chi connectivity index (χ3n) is 4.46. The van der Waals surface area contributed by atoms with Gasteiger partial charge in [-0.2, -0.15) is 0 Å². The summed E-state index contributed by atoms with van der Waals surface area (Å²) >= 11 is 6.09. The molecule has 0 aliphatic carbocycles. The average Bonchev–Trinajstić information content (AvgIpc) is 3.17. The summed E-state index contributed by atoms with van der Waals surface area (Å²) in [7, 11) is 1.58. The highest BCUT2D eigenvalue weighted by Crippen LogP contribution is 2.27. The highest BCUT2D eigenvalue weighted by Gasteiger charge is 2.12. The molecule has 5 nitrogen and oxygen atoms in total. The highest BCUT2D eigenvalue weighted by molar-refractivity contribution is 6.32. The number of nitrogens with one attached hydrogen (secondary N) is 2. The zero-order chi connectivity index (χ0) is 18.4.